The number of amides is 1. The smallest absolute Gasteiger partial charge is 0.343 e. The number of unbranched alkanes of at least 4 members (excludes halogenated alkanes) is 1. The summed E-state index contributed by atoms with van der Waals surface area (Å²) >= 11 is 0. The average Bonchev–Trinajstić information content (AvgIpc) is 3.05. The van der Waals surface area contributed by atoms with Crippen LogP contribution >= 0.6 is 0 Å². The second-order valence-electron chi connectivity index (χ2n) is 5.05. The van der Waals surface area contributed by atoms with Crippen molar-refractivity contribution in [3.05, 3.63) is 36.7 Å². The number of aliphatic carboxylic acids is 1. The van der Waals surface area contributed by atoms with E-state index in [1.165, 1.54) is 6.33 Å². The van der Waals surface area contributed by atoms with Crippen molar-refractivity contribution in [2.45, 2.75) is 25.3 Å². The number of nitrogens with one attached hydrogen (secondary N) is 1. The van der Waals surface area contributed by atoms with E-state index in [2.05, 4.69) is 15.4 Å². The van der Waals surface area contributed by atoms with E-state index in [9.17, 15) is 9.59 Å². The predicted molar refractivity (Wildman–Crippen MR) is 83.7 cm³/mol. The Balaban J connectivity index is 1.76. The van der Waals surface area contributed by atoms with E-state index in [0.29, 0.717) is 31.6 Å². The quantitative estimate of drug-likeness (QED) is 0.657. The minimum atomic E-state index is -1.01. The van der Waals surface area contributed by atoms with E-state index in [0.717, 1.165) is 10.2 Å². The summed E-state index contributed by atoms with van der Waals surface area (Å²) in [5.74, 6) is -0.529. The van der Waals surface area contributed by atoms with Crippen LogP contribution in [0.1, 0.15) is 19.3 Å². The van der Waals surface area contributed by atoms with Crippen LogP contribution in [-0.2, 0) is 4.79 Å². The van der Waals surface area contributed by atoms with E-state index < -0.39 is 12.0 Å². The molecule has 0 unspecified atom stereocenters. The van der Waals surface area contributed by atoms with Crippen molar-refractivity contribution in [3.8, 4) is 11.4 Å². The summed E-state index contributed by atoms with van der Waals surface area (Å²) < 4.78 is 1.14. The fourth-order valence-corrected chi connectivity index (χ4v) is 1.97. The van der Waals surface area contributed by atoms with Gasteiger partial charge in [0.15, 0.2) is 5.82 Å². The first-order valence-electron chi connectivity index (χ1n) is 7.31. The number of rotatable bonds is 7. The average molecular weight is 317 g/mol. The summed E-state index contributed by atoms with van der Waals surface area (Å²) in [6, 6.07) is 8.14. The predicted octanol–water partition coefficient (Wildman–Crippen LogP) is 1.08. The number of carbonyl (C=O) groups excluding carboxylic acids is 1. The van der Waals surface area contributed by atoms with Gasteiger partial charge < -0.3 is 16.2 Å². The number of nitrogens with zero attached hydrogens (tertiary/aromatic N) is 3. The Bertz CT molecular complexity index is 656. The molecule has 0 radical (unpaired) electrons. The van der Waals surface area contributed by atoms with Crippen LogP contribution in [-0.4, -0.2) is 44.5 Å². The van der Waals surface area contributed by atoms with Crippen molar-refractivity contribution >= 4 is 12.0 Å². The van der Waals surface area contributed by atoms with E-state index in [1.807, 2.05) is 30.3 Å². The molecule has 2 rings (SSSR count). The van der Waals surface area contributed by atoms with Gasteiger partial charge in [-0.15, -0.1) is 5.10 Å². The maximum atomic E-state index is 11.9. The minimum absolute atomic E-state index is 0.373. The molecule has 0 fully saturated rings. The summed E-state index contributed by atoms with van der Waals surface area (Å²) in [4.78, 5) is 26.6. The number of hydrogen-bond acceptors (Lipinski definition) is 5. The van der Waals surface area contributed by atoms with Crippen LogP contribution in [0, 0.1) is 0 Å². The van der Waals surface area contributed by atoms with Crippen molar-refractivity contribution in [2.75, 3.05) is 6.54 Å². The molecule has 0 aliphatic rings. The molecular formula is C15H19N5O3. The fourth-order valence-electron chi connectivity index (χ4n) is 1.97. The molecular weight excluding hydrogens is 298 g/mol. The summed E-state index contributed by atoms with van der Waals surface area (Å²) in [6.07, 6.45) is 3.01. The molecule has 2 aromatic rings. The third kappa shape index (κ3) is 4.89. The second-order valence-corrected chi connectivity index (χ2v) is 5.05. The molecule has 8 heteroatoms. The zero-order chi connectivity index (χ0) is 16.7. The van der Waals surface area contributed by atoms with Crippen molar-refractivity contribution in [3.63, 3.8) is 0 Å². The van der Waals surface area contributed by atoms with Crippen molar-refractivity contribution in [2.24, 2.45) is 5.73 Å². The third-order valence-corrected chi connectivity index (χ3v) is 3.27. The molecule has 0 aliphatic heterocycles. The van der Waals surface area contributed by atoms with Crippen LogP contribution < -0.4 is 11.1 Å². The Morgan fingerprint density at radius 3 is 2.70 bits per heavy atom. The van der Waals surface area contributed by atoms with Crippen molar-refractivity contribution in [1.82, 2.24) is 20.1 Å². The Hall–Kier alpha value is -2.74. The number of carbonyl (C=O) groups is 2. The summed E-state index contributed by atoms with van der Waals surface area (Å²) in [7, 11) is 0. The van der Waals surface area contributed by atoms with Gasteiger partial charge in [0, 0.05) is 12.1 Å². The van der Waals surface area contributed by atoms with Gasteiger partial charge >= 0.3 is 12.0 Å². The molecule has 0 spiro atoms. The van der Waals surface area contributed by atoms with E-state index in [-0.39, 0.29) is 6.03 Å². The lowest BCUT2D eigenvalue weighted by molar-refractivity contribution is -0.138. The Morgan fingerprint density at radius 1 is 1.26 bits per heavy atom. The number of carboxylic acids is 1. The van der Waals surface area contributed by atoms with Gasteiger partial charge in [0.1, 0.15) is 12.4 Å². The number of carboxylic acid groups (broad SMARTS) is 1. The van der Waals surface area contributed by atoms with Crippen LogP contribution in [0.2, 0.25) is 0 Å². The molecule has 122 valence electrons. The molecule has 1 atom stereocenters. The first kappa shape index (κ1) is 16.6. The Morgan fingerprint density at radius 2 is 2.00 bits per heavy atom. The van der Waals surface area contributed by atoms with Gasteiger partial charge in [-0.2, -0.15) is 4.68 Å². The lowest BCUT2D eigenvalue weighted by Gasteiger charge is -2.06. The largest absolute Gasteiger partial charge is 0.480 e. The molecule has 8 nitrogen and oxygen atoms in total. The van der Waals surface area contributed by atoms with Crippen molar-refractivity contribution < 1.29 is 14.7 Å². The van der Waals surface area contributed by atoms with Gasteiger partial charge in [0.25, 0.3) is 0 Å². The van der Waals surface area contributed by atoms with Gasteiger partial charge in [-0.05, 0) is 19.3 Å². The molecule has 0 bridgehead atoms. The highest BCUT2D eigenvalue weighted by molar-refractivity contribution is 5.76. The summed E-state index contributed by atoms with van der Waals surface area (Å²) in [5, 5.41) is 15.5. The fraction of sp³-hybridized carbons (Fsp3) is 0.333. The molecule has 1 amide bonds. The highest BCUT2D eigenvalue weighted by Gasteiger charge is 2.11. The van der Waals surface area contributed by atoms with Crippen LogP contribution in [0.25, 0.3) is 11.4 Å². The number of nitrogens with two attached hydrogens (primary N) is 1. The van der Waals surface area contributed by atoms with Gasteiger partial charge in [-0.3, -0.25) is 4.79 Å². The summed E-state index contributed by atoms with van der Waals surface area (Å²) in [6.45, 7) is 0.422. The molecule has 4 N–H and O–H groups in total. The number of hydrogen-bond donors (Lipinski definition) is 3. The van der Waals surface area contributed by atoms with E-state index >= 15 is 0 Å². The zero-order valence-corrected chi connectivity index (χ0v) is 12.6. The standard InChI is InChI=1S/C15H19N5O3/c16-12(14(21)22)8-4-5-9-17-15(23)20-10-18-13(19-20)11-6-2-1-3-7-11/h1-3,6-7,10,12H,4-5,8-9,16H2,(H,17,23)(H,21,22)/t12-/m0/s1. The Kier molecular flexibility index (Phi) is 5.81. The van der Waals surface area contributed by atoms with Gasteiger partial charge in [-0.1, -0.05) is 30.3 Å². The van der Waals surface area contributed by atoms with Crippen LogP contribution in [0.3, 0.4) is 0 Å². The maximum Gasteiger partial charge on any atom is 0.343 e. The molecule has 1 heterocycles. The summed E-state index contributed by atoms with van der Waals surface area (Å²) in [5.41, 5.74) is 6.23. The normalized spacial score (nSPS) is 11.9. The monoisotopic (exact) mass is 317 g/mol. The van der Waals surface area contributed by atoms with Crippen LogP contribution in [0.4, 0.5) is 4.79 Å². The molecule has 0 aliphatic carbocycles. The van der Waals surface area contributed by atoms with E-state index in [4.69, 9.17) is 10.8 Å². The third-order valence-electron chi connectivity index (χ3n) is 3.27. The number of benzene rings is 1. The van der Waals surface area contributed by atoms with Gasteiger partial charge in [-0.25, -0.2) is 9.78 Å². The van der Waals surface area contributed by atoms with Crippen LogP contribution in [0.15, 0.2) is 36.7 Å². The molecule has 23 heavy (non-hydrogen) atoms. The molecule has 1 aromatic carbocycles. The lowest BCUT2D eigenvalue weighted by atomic mass is 10.1. The SMILES string of the molecule is N[C@@H](CCCCNC(=O)n1cnc(-c2ccccc2)n1)C(=O)O. The highest BCUT2D eigenvalue weighted by atomic mass is 16.4. The molecule has 0 saturated heterocycles. The number of aromatic nitrogens is 3. The first-order chi connectivity index (χ1) is 11.1. The second kappa shape index (κ2) is 8.04. The van der Waals surface area contributed by atoms with E-state index in [1.54, 1.807) is 0 Å². The lowest BCUT2D eigenvalue weighted by Crippen LogP contribution is -2.31. The maximum absolute atomic E-state index is 11.9. The zero-order valence-electron chi connectivity index (χ0n) is 12.6. The van der Waals surface area contributed by atoms with Crippen LogP contribution in [0.5, 0.6) is 0 Å². The van der Waals surface area contributed by atoms with Gasteiger partial charge in [0.2, 0.25) is 0 Å². The topological polar surface area (TPSA) is 123 Å². The first-order valence-corrected chi connectivity index (χ1v) is 7.31. The van der Waals surface area contributed by atoms with Crippen molar-refractivity contribution in [1.29, 1.82) is 0 Å². The molecule has 1 aromatic heterocycles. The Labute approximate surface area is 133 Å². The minimum Gasteiger partial charge on any atom is -0.480 e. The molecule has 0 saturated carbocycles. The highest BCUT2D eigenvalue weighted by Crippen LogP contribution is 2.12. The van der Waals surface area contributed by atoms with Gasteiger partial charge in [0.05, 0.1) is 0 Å².